The van der Waals surface area contributed by atoms with Gasteiger partial charge in [-0.2, -0.15) is 0 Å². The Bertz CT molecular complexity index is 1240. The van der Waals surface area contributed by atoms with Crippen molar-refractivity contribution >= 4 is 27.2 Å². The molecule has 0 atom stereocenters. The number of hydrogen-bond donors (Lipinski definition) is 0. The van der Waals surface area contributed by atoms with E-state index in [2.05, 4.69) is 0 Å². The van der Waals surface area contributed by atoms with E-state index in [1.807, 2.05) is 66.9 Å². The molecule has 0 bridgehead atoms. The van der Waals surface area contributed by atoms with Crippen molar-refractivity contribution in [3.05, 3.63) is 76.7 Å². The number of hydrogen-bond acceptors (Lipinski definition) is 5. The van der Waals surface area contributed by atoms with Crippen molar-refractivity contribution in [3.8, 4) is 28.4 Å². The molecule has 152 valence electrons. The molecule has 4 nitrogen and oxygen atoms in total. The van der Waals surface area contributed by atoms with Crippen LogP contribution in [0.2, 0.25) is 0 Å². The normalized spacial score (nSPS) is 10.8. The van der Waals surface area contributed by atoms with Crippen molar-refractivity contribution < 1.29 is 19.0 Å². The van der Waals surface area contributed by atoms with Gasteiger partial charge in [0.1, 0.15) is 5.75 Å². The summed E-state index contributed by atoms with van der Waals surface area (Å²) in [5.41, 5.74) is 3.89. The summed E-state index contributed by atoms with van der Waals surface area (Å²) in [5, 5.41) is 2.91. The summed E-state index contributed by atoms with van der Waals surface area (Å²) in [6, 6.07) is 17.4. The van der Waals surface area contributed by atoms with E-state index >= 15 is 0 Å². The van der Waals surface area contributed by atoms with Gasteiger partial charge in [-0.3, -0.25) is 4.79 Å². The number of aryl methyl sites for hydroxylation is 1. The summed E-state index contributed by atoms with van der Waals surface area (Å²) >= 11 is 1.58. The molecule has 0 radical (unpaired) electrons. The van der Waals surface area contributed by atoms with Gasteiger partial charge in [0.05, 0.1) is 21.3 Å². The minimum atomic E-state index is -0.00242. The number of benzene rings is 3. The lowest BCUT2D eigenvalue weighted by molar-refractivity contribution is 0.104. The Hall–Kier alpha value is -3.31. The molecule has 30 heavy (non-hydrogen) atoms. The molecule has 0 amide bonds. The van der Waals surface area contributed by atoms with Crippen molar-refractivity contribution in [3.63, 3.8) is 0 Å². The Morgan fingerprint density at radius 1 is 0.867 bits per heavy atom. The molecule has 1 heterocycles. The van der Waals surface area contributed by atoms with Gasteiger partial charge >= 0.3 is 0 Å². The van der Waals surface area contributed by atoms with Crippen molar-refractivity contribution in [1.82, 2.24) is 0 Å². The Kier molecular flexibility index (Phi) is 5.46. The molecule has 0 spiro atoms. The molecule has 0 aliphatic heterocycles. The molecule has 3 aromatic carbocycles. The highest BCUT2D eigenvalue weighted by molar-refractivity contribution is 7.17. The minimum absolute atomic E-state index is 0.00242. The van der Waals surface area contributed by atoms with E-state index in [0.717, 1.165) is 26.8 Å². The molecule has 5 heteroatoms. The molecule has 0 N–H and O–H groups in total. The summed E-state index contributed by atoms with van der Waals surface area (Å²) < 4.78 is 17.4. The van der Waals surface area contributed by atoms with Crippen LogP contribution in [0.4, 0.5) is 0 Å². The summed E-state index contributed by atoms with van der Waals surface area (Å²) in [6.07, 6.45) is 0. The van der Waals surface area contributed by atoms with Gasteiger partial charge in [0, 0.05) is 26.6 Å². The first kappa shape index (κ1) is 20.0. The van der Waals surface area contributed by atoms with Crippen LogP contribution >= 0.6 is 11.3 Å². The molecule has 0 aliphatic carbocycles. The van der Waals surface area contributed by atoms with Gasteiger partial charge in [-0.05, 0) is 53.9 Å². The molecule has 0 fully saturated rings. The Balaban J connectivity index is 1.93. The van der Waals surface area contributed by atoms with Gasteiger partial charge in [0.15, 0.2) is 17.3 Å². The third kappa shape index (κ3) is 3.42. The maximum absolute atomic E-state index is 13.7. The summed E-state index contributed by atoms with van der Waals surface area (Å²) in [6.45, 7) is 1.94. The van der Waals surface area contributed by atoms with Crippen molar-refractivity contribution in [1.29, 1.82) is 0 Å². The molecular weight excluding hydrogens is 396 g/mol. The summed E-state index contributed by atoms with van der Waals surface area (Å²) in [7, 11) is 4.83. The number of carbonyl (C=O) groups excluding carboxylic acids is 1. The third-order valence-corrected chi connectivity index (χ3v) is 6.16. The number of ketones is 1. The van der Waals surface area contributed by atoms with Crippen LogP contribution < -0.4 is 14.2 Å². The van der Waals surface area contributed by atoms with Crippen LogP contribution in [0.5, 0.6) is 17.2 Å². The van der Waals surface area contributed by atoms with Crippen LogP contribution in [0.25, 0.3) is 21.2 Å². The number of carbonyl (C=O) groups is 1. The lowest BCUT2D eigenvalue weighted by atomic mass is 9.90. The second-order valence-electron chi connectivity index (χ2n) is 6.91. The fraction of sp³-hybridized carbons (Fsp3) is 0.160. The second-order valence-corrected chi connectivity index (χ2v) is 7.82. The van der Waals surface area contributed by atoms with Crippen LogP contribution in [0.15, 0.2) is 60.0 Å². The molecule has 4 rings (SSSR count). The molecule has 4 aromatic rings. The molecule has 0 saturated carbocycles. The topological polar surface area (TPSA) is 44.8 Å². The maximum Gasteiger partial charge on any atom is 0.195 e. The van der Waals surface area contributed by atoms with E-state index in [1.54, 1.807) is 32.7 Å². The van der Waals surface area contributed by atoms with Crippen LogP contribution in [0, 0.1) is 6.92 Å². The zero-order valence-corrected chi connectivity index (χ0v) is 18.1. The Morgan fingerprint density at radius 3 is 2.37 bits per heavy atom. The lowest BCUT2D eigenvalue weighted by Crippen LogP contribution is -2.06. The van der Waals surface area contributed by atoms with E-state index < -0.39 is 0 Å². The van der Waals surface area contributed by atoms with Gasteiger partial charge in [0.2, 0.25) is 0 Å². The highest BCUT2D eigenvalue weighted by atomic mass is 32.1. The fourth-order valence-electron chi connectivity index (χ4n) is 3.69. The van der Waals surface area contributed by atoms with Gasteiger partial charge in [-0.1, -0.05) is 24.3 Å². The second kappa shape index (κ2) is 8.20. The molecule has 1 aromatic heterocycles. The minimum Gasteiger partial charge on any atom is -0.497 e. The number of methoxy groups -OCH3 is 3. The van der Waals surface area contributed by atoms with Crippen molar-refractivity contribution in [2.24, 2.45) is 0 Å². The SMILES string of the molecule is COc1cc(C)c(C(=O)c2csc3ccccc23)c(-c2ccc(OC)c(OC)c2)c1. The first-order valence-electron chi connectivity index (χ1n) is 9.49. The third-order valence-electron chi connectivity index (χ3n) is 5.19. The largest absolute Gasteiger partial charge is 0.497 e. The predicted octanol–water partition coefficient (Wildman–Crippen LogP) is 6.13. The average Bonchev–Trinajstić information content (AvgIpc) is 3.21. The van der Waals surface area contributed by atoms with Crippen molar-refractivity contribution in [2.75, 3.05) is 21.3 Å². The van der Waals surface area contributed by atoms with Crippen LogP contribution in [0.1, 0.15) is 21.5 Å². The van der Waals surface area contributed by atoms with E-state index in [9.17, 15) is 4.79 Å². The van der Waals surface area contributed by atoms with Gasteiger partial charge in [0.25, 0.3) is 0 Å². The first-order valence-corrected chi connectivity index (χ1v) is 10.4. The quantitative estimate of drug-likeness (QED) is 0.353. The van der Waals surface area contributed by atoms with E-state index in [-0.39, 0.29) is 5.78 Å². The highest BCUT2D eigenvalue weighted by Crippen LogP contribution is 2.38. The highest BCUT2D eigenvalue weighted by Gasteiger charge is 2.22. The van der Waals surface area contributed by atoms with Gasteiger partial charge in [-0.15, -0.1) is 11.3 Å². The van der Waals surface area contributed by atoms with Gasteiger partial charge < -0.3 is 14.2 Å². The lowest BCUT2D eigenvalue weighted by Gasteiger charge is -2.16. The van der Waals surface area contributed by atoms with Crippen molar-refractivity contribution in [2.45, 2.75) is 6.92 Å². The van der Waals surface area contributed by atoms with Crippen LogP contribution in [-0.2, 0) is 0 Å². The number of rotatable bonds is 6. The van der Waals surface area contributed by atoms with E-state index in [4.69, 9.17) is 14.2 Å². The standard InChI is InChI=1S/C25H22O4S/c1-15-11-17(27-2)13-19(16-9-10-21(28-3)22(12-16)29-4)24(15)25(26)20-14-30-23-8-6-5-7-18(20)23/h5-14H,1-4H3. The zero-order valence-electron chi connectivity index (χ0n) is 17.3. The average molecular weight is 419 g/mol. The predicted molar refractivity (Wildman–Crippen MR) is 122 cm³/mol. The van der Waals surface area contributed by atoms with Gasteiger partial charge in [-0.25, -0.2) is 0 Å². The monoisotopic (exact) mass is 418 g/mol. The number of ether oxygens (including phenoxy) is 3. The summed E-state index contributed by atoms with van der Waals surface area (Å²) in [4.78, 5) is 13.7. The summed E-state index contributed by atoms with van der Waals surface area (Å²) in [5.74, 6) is 1.94. The van der Waals surface area contributed by atoms with Crippen LogP contribution in [0.3, 0.4) is 0 Å². The number of fused-ring (bicyclic) bond motifs is 1. The Morgan fingerprint density at radius 2 is 1.63 bits per heavy atom. The molecule has 0 unspecified atom stereocenters. The van der Waals surface area contributed by atoms with E-state index in [0.29, 0.717) is 28.4 Å². The number of thiophene rings is 1. The first-order chi connectivity index (χ1) is 14.6. The fourth-order valence-corrected chi connectivity index (χ4v) is 4.63. The molecule has 0 saturated heterocycles. The molecular formula is C25H22O4S. The smallest absolute Gasteiger partial charge is 0.195 e. The Labute approximate surface area is 179 Å². The van der Waals surface area contributed by atoms with E-state index in [1.165, 1.54) is 0 Å². The molecule has 0 aliphatic rings. The van der Waals surface area contributed by atoms with Crippen LogP contribution in [-0.4, -0.2) is 27.1 Å². The zero-order chi connectivity index (χ0) is 21.3. The maximum atomic E-state index is 13.7.